The maximum absolute atomic E-state index is 13.5. The molecule has 0 saturated carbocycles. The van der Waals surface area contributed by atoms with E-state index in [0.29, 0.717) is 17.3 Å². The van der Waals surface area contributed by atoms with Crippen LogP contribution in [0.25, 0.3) is 17.0 Å². The summed E-state index contributed by atoms with van der Waals surface area (Å²) in [6.45, 7) is 6.33. The molecule has 4 aromatic rings. The average molecular weight is 498 g/mol. The summed E-state index contributed by atoms with van der Waals surface area (Å²) in [7, 11) is 0. The highest BCUT2D eigenvalue weighted by Gasteiger charge is 2.37. The molecule has 7 heteroatoms. The molecule has 1 fully saturated rings. The van der Waals surface area contributed by atoms with Crippen LogP contribution >= 0.6 is 11.6 Å². The van der Waals surface area contributed by atoms with Crippen molar-refractivity contribution in [3.63, 3.8) is 0 Å². The number of nitrogens with one attached hydrogen (secondary N) is 1. The fourth-order valence-electron chi connectivity index (χ4n) is 4.54. The normalized spacial score (nSPS) is 15.2. The summed E-state index contributed by atoms with van der Waals surface area (Å²) in [5.41, 5.74) is 5.82. The summed E-state index contributed by atoms with van der Waals surface area (Å²) in [6.07, 6.45) is 1.58. The summed E-state index contributed by atoms with van der Waals surface area (Å²) in [5, 5.41) is 3.88. The summed E-state index contributed by atoms with van der Waals surface area (Å²) >= 11 is 6.43. The lowest BCUT2D eigenvalue weighted by Crippen LogP contribution is -2.54. The number of halogens is 1. The molecule has 1 N–H and O–H groups in total. The molecule has 5 rings (SSSR count). The van der Waals surface area contributed by atoms with Crippen LogP contribution < -0.4 is 10.2 Å². The average Bonchev–Trinajstić information content (AvgIpc) is 3.11. The third-order valence-electron chi connectivity index (χ3n) is 6.71. The largest absolute Gasteiger partial charge is 0.340 e. The number of carbonyl (C=O) groups is 3. The predicted molar refractivity (Wildman–Crippen MR) is 142 cm³/mol. The number of imide groups is 2. The molecule has 1 saturated heterocycles. The first-order valence-corrected chi connectivity index (χ1v) is 11.9. The Balaban J connectivity index is 1.62. The van der Waals surface area contributed by atoms with E-state index in [4.69, 9.17) is 11.6 Å². The quantitative estimate of drug-likeness (QED) is 0.280. The molecule has 0 radical (unpaired) electrons. The lowest BCUT2D eigenvalue weighted by atomic mass is 10.0. The van der Waals surface area contributed by atoms with E-state index in [-0.39, 0.29) is 5.57 Å². The van der Waals surface area contributed by atoms with Crippen molar-refractivity contribution in [3.8, 4) is 0 Å². The van der Waals surface area contributed by atoms with Gasteiger partial charge < -0.3 is 4.57 Å². The zero-order valence-electron chi connectivity index (χ0n) is 20.1. The molecule has 0 spiro atoms. The van der Waals surface area contributed by atoms with Gasteiger partial charge in [0.1, 0.15) is 5.57 Å². The third kappa shape index (κ3) is 3.99. The Kier molecular flexibility index (Phi) is 5.98. The molecule has 4 amide bonds. The van der Waals surface area contributed by atoms with E-state index in [1.165, 1.54) is 0 Å². The van der Waals surface area contributed by atoms with Gasteiger partial charge in [-0.25, -0.2) is 9.69 Å². The number of amides is 4. The van der Waals surface area contributed by atoms with Gasteiger partial charge in [0.25, 0.3) is 11.8 Å². The Morgan fingerprint density at radius 3 is 2.36 bits per heavy atom. The van der Waals surface area contributed by atoms with Crippen LogP contribution in [0.3, 0.4) is 0 Å². The zero-order valence-corrected chi connectivity index (χ0v) is 20.9. The van der Waals surface area contributed by atoms with Crippen LogP contribution in [0.4, 0.5) is 10.5 Å². The number of nitrogens with zero attached hydrogens (tertiary/aromatic N) is 2. The number of para-hydroxylation sites is 1. The number of hydrogen-bond acceptors (Lipinski definition) is 3. The van der Waals surface area contributed by atoms with E-state index in [0.717, 1.165) is 43.8 Å². The molecular formula is C29H24ClN3O3. The molecule has 2 heterocycles. The van der Waals surface area contributed by atoms with Crippen LogP contribution in [0.15, 0.2) is 72.3 Å². The van der Waals surface area contributed by atoms with E-state index in [1.807, 2.05) is 75.4 Å². The first kappa shape index (κ1) is 23.6. The molecule has 36 heavy (non-hydrogen) atoms. The fourth-order valence-corrected chi connectivity index (χ4v) is 4.74. The minimum atomic E-state index is -0.761. The van der Waals surface area contributed by atoms with E-state index >= 15 is 0 Å². The van der Waals surface area contributed by atoms with Crippen molar-refractivity contribution in [1.29, 1.82) is 0 Å². The van der Waals surface area contributed by atoms with Gasteiger partial charge in [0, 0.05) is 33.7 Å². The van der Waals surface area contributed by atoms with Crippen molar-refractivity contribution in [2.75, 3.05) is 4.90 Å². The summed E-state index contributed by atoms with van der Waals surface area (Å²) in [4.78, 5) is 40.0. The molecule has 1 aliphatic heterocycles. The first-order chi connectivity index (χ1) is 17.3. The van der Waals surface area contributed by atoms with Crippen molar-refractivity contribution >= 4 is 52.1 Å². The number of barbiturate groups is 1. The number of aryl methyl sites for hydroxylation is 2. The molecule has 0 unspecified atom stereocenters. The number of rotatable bonds is 4. The minimum absolute atomic E-state index is 0.100. The van der Waals surface area contributed by atoms with E-state index < -0.39 is 17.8 Å². The van der Waals surface area contributed by atoms with Gasteiger partial charge in [-0.3, -0.25) is 14.9 Å². The van der Waals surface area contributed by atoms with Crippen LogP contribution in [0, 0.1) is 20.8 Å². The molecule has 1 aromatic heterocycles. The second kappa shape index (κ2) is 9.13. The summed E-state index contributed by atoms with van der Waals surface area (Å²) < 4.78 is 2.11. The summed E-state index contributed by atoms with van der Waals surface area (Å²) in [5.74, 6) is -1.37. The lowest BCUT2D eigenvalue weighted by molar-refractivity contribution is -0.122. The second-order valence-corrected chi connectivity index (χ2v) is 9.33. The molecule has 6 nitrogen and oxygen atoms in total. The van der Waals surface area contributed by atoms with Crippen molar-refractivity contribution in [3.05, 3.63) is 105 Å². The molecular weight excluding hydrogens is 474 g/mol. The van der Waals surface area contributed by atoms with Gasteiger partial charge in [0.2, 0.25) is 0 Å². The van der Waals surface area contributed by atoms with Gasteiger partial charge in [-0.2, -0.15) is 0 Å². The van der Waals surface area contributed by atoms with E-state index in [1.54, 1.807) is 18.2 Å². The number of carbonyl (C=O) groups excluding carboxylic acids is 3. The predicted octanol–water partition coefficient (Wildman–Crippen LogP) is 5.93. The van der Waals surface area contributed by atoms with E-state index in [9.17, 15) is 14.4 Å². The van der Waals surface area contributed by atoms with Crippen LogP contribution in [-0.2, 0) is 16.1 Å². The molecule has 1 aliphatic rings. The van der Waals surface area contributed by atoms with Gasteiger partial charge >= 0.3 is 6.03 Å². The summed E-state index contributed by atoms with van der Waals surface area (Å²) in [6, 6.07) is 20.0. The number of urea groups is 1. The molecule has 0 atom stereocenters. The first-order valence-electron chi connectivity index (χ1n) is 11.6. The third-order valence-corrected chi connectivity index (χ3v) is 7.07. The zero-order chi connectivity index (χ0) is 25.6. The fraction of sp³-hybridized carbons (Fsp3) is 0.138. The lowest BCUT2D eigenvalue weighted by Gasteiger charge is -2.26. The highest BCUT2D eigenvalue weighted by molar-refractivity contribution is 6.39. The van der Waals surface area contributed by atoms with Crippen molar-refractivity contribution in [1.82, 2.24) is 9.88 Å². The smallest absolute Gasteiger partial charge is 0.335 e. The Morgan fingerprint density at radius 1 is 0.889 bits per heavy atom. The minimum Gasteiger partial charge on any atom is -0.340 e. The number of aromatic nitrogens is 1. The maximum atomic E-state index is 13.5. The molecule has 0 aliphatic carbocycles. The highest BCUT2D eigenvalue weighted by atomic mass is 35.5. The van der Waals surface area contributed by atoms with Crippen molar-refractivity contribution < 1.29 is 14.4 Å². The van der Waals surface area contributed by atoms with Gasteiger partial charge in [0.05, 0.1) is 5.69 Å². The Bertz CT molecular complexity index is 1600. The molecule has 180 valence electrons. The monoisotopic (exact) mass is 497 g/mol. The van der Waals surface area contributed by atoms with E-state index in [2.05, 4.69) is 9.88 Å². The Labute approximate surface area is 213 Å². The van der Waals surface area contributed by atoms with Crippen molar-refractivity contribution in [2.24, 2.45) is 0 Å². The Morgan fingerprint density at radius 2 is 1.61 bits per heavy atom. The number of hydrogen-bond donors (Lipinski definition) is 1. The van der Waals surface area contributed by atoms with Gasteiger partial charge in [-0.1, -0.05) is 54.1 Å². The maximum Gasteiger partial charge on any atom is 0.335 e. The van der Waals surface area contributed by atoms with Crippen molar-refractivity contribution in [2.45, 2.75) is 27.3 Å². The van der Waals surface area contributed by atoms with Gasteiger partial charge in [-0.15, -0.1) is 0 Å². The molecule has 3 aromatic carbocycles. The van der Waals surface area contributed by atoms with Crippen LogP contribution in [0.2, 0.25) is 5.02 Å². The molecule has 0 bridgehead atoms. The van der Waals surface area contributed by atoms with Gasteiger partial charge in [0.15, 0.2) is 0 Å². The SMILES string of the molecule is Cc1ccc(N2C(=O)NC(=O)/C(=C\c3c(C)n(Cc4ccccc4Cl)c4ccccc34)C2=O)cc1C. The highest BCUT2D eigenvalue weighted by Crippen LogP contribution is 2.31. The number of fused-ring (bicyclic) bond motifs is 1. The van der Waals surface area contributed by atoms with Crippen LogP contribution in [0.5, 0.6) is 0 Å². The topological polar surface area (TPSA) is 71.4 Å². The van der Waals surface area contributed by atoms with Crippen LogP contribution in [-0.4, -0.2) is 22.4 Å². The second-order valence-electron chi connectivity index (χ2n) is 8.92. The number of benzene rings is 3. The number of anilines is 1. The standard InChI is InChI=1S/C29H24ClN3O3/c1-17-12-13-21(14-18(17)2)33-28(35)24(27(34)31-29(33)36)15-23-19(3)32(26-11-7-5-9-22(23)26)16-20-8-4-6-10-25(20)30/h4-15H,16H2,1-3H3,(H,31,34,36)/b24-15+. The van der Waals surface area contributed by atoms with Gasteiger partial charge in [-0.05, 0) is 67.8 Å². The Hall–Kier alpha value is -4.16. The van der Waals surface area contributed by atoms with Crippen LogP contribution in [0.1, 0.15) is 27.9 Å².